The lowest BCUT2D eigenvalue weighted by molar-refractivity contribution is 0.0361. The Balaban J connectivity index is 1.32. The number of ether oxygens (including phenoxy) is 1. The number of rotatable bonds is 5. The maximum absolute atomic E-state index is 13.2. The molecule has 5 rings (SSSR count). The summed E-state index contributed by atoms with van der Waals surface area (Å²) in [6, 6.07) is 12.1. The lowest BCUT2D eigenvalue weighted by Crippen LogP contribution is -2.62. The van der Waals surface area contributed by atoms with E-state index in [4.69, 9.17) is 4.74 Å². The molecule has 1 atom stereocenters. The largest absolute Gasteiger partial charge is 0.447 e. The normalized spacial score (nSPS) is 20.7. The van der Waals surface area contributed by atoms with Gasteiger partial charge in [-0.1, -0.05) is 37.3 Å². The molecule has 2 aliphatic rings. The van der Waals surface area contributed by atoms with Gasteiger partial charge >= 0.3 is 6.09 Å². The van der Waals surface area contributed by atoms with Crippen molar-refractivity contribution in [1.82, 2.24) is 24.3 Å². The molecule has 31 heavy (non-hydrogen) atoms. The van der Waals surface area contributed by atoms with Crippen LogP contribution in [0.3, 0.4) is 0 Å². The summed E-state index contributed by atoms with van der Waals surface area (Å²) in [5.41, 5.74) is 2.83. The number of nitrogens with zero attached hydrogens (tertiary/aromatic N) is 5. The van der Waals surface area contributed by atoms with Crippen LogP contribution in [0.2, 0.25) is 0 Å². The number of aryl methyl sites for hydroxylation is 2. The first-order valence-electron chi connectivity index (χ1n) is 10.7. The van der Waals surface area contributed by atoms with Gasteiger partial charge in [0.25, 0.3) is 5.91 Å². The molecule has 0 N–H and O–H groups in total. The number of piperazine rings is 1. The topological polar surface area (TPSA) is 80.6 Å². The Bertz CT molecular complexity index is 1130. The van der Waals surface area contributed by atoms with E-state index in [0.717, 1.165) is 25.0 Å². The highest BCUT2D eigenvalue weighted by atomic mass is 16.6. The van der Waals surface area contributed by atoms with E-state index in [1.54, 1.807) is 22.3 Å². The van der Waals surface area contributed by atoms with Crippen molar-refractivity contribution in [1.29, 1.82) is 0 Å². The van der Waals surface area contributed by atoms with Crippen molar-refractivity contribution in [2.75, 3.05) is 26.2 Å². The molecule has 160 valence electrons. The number of fused-ring (bicyclic) bond motifs is 2. The number of amides is 2. The fraction of sp³-hybridized carbons (Fsp3) is 0.391. The van der Waals surface area contributed by atoms with Gasteiger partial charge in [0.05, 0.1) is 17.4 Å². The van der Waals surface area contributed by atoms with Gasteiger partial charge in [0.1, 0.15) is 12.1 Å². The second kappa shape index (κ2) is 7.68. The van der Waals surface area contributed by atoms with Gasteiger partial charge in [-0.25, -0.2) is 14.8 Å². The fourth-order valence-electron chi connectivity index (χ4n) is 4.54. The van der Waals surface area contributed by atoms with Crippen molar-refractivity contribution in [2.24, 2.45) is 0 Å². The van der Waals surface area contributed by atoms with Crippen LogP contribution in [-0.2, 0) is 17.7 Å². The molecule has 2 saturated heterocycles. The quantitative estimate of drug-likeness (QED) is 0.635. The molecule has 0 radical (unpaired) electrons. The highest BCUT2D eigenvalue weighted by Crippen LogP contribution is 2.32. The average Bonchev–Trinajstić information content (AvgIpc) is 3.38. The van der Waals surface area contributed by atoms with Crippen LogP contribution in [0.25, 0.3) is 11.2 Å². The number of imidazole rings is 1. The molecule has 8 heteroatoms. The summed E-state index contributed by atoms with van der Waals surface area (Å²) in [5, 5.41) is 0. The molecule has 8 nitrogen and oxygen atoms in total. The van der Waals surface area contributed by atoms with Crippen molar-refractivity contribution < 1.29 is 14.3 Å². The number of benzene rings is 1. The van der Waals surface area contributed by atoms with Crippen LogP contribution in [0, 0.1) is 0 Å². The van der Waals surface area contributed by atoms with Gasteiger partial charge in [-0.2, -0.15) is 0 Å². The SMILES string of the molecule is CCC12COC(=O)N1CCN(C(=O)c1cnc3c(c1)ncn3CCc1ccccc1)C2. The summed E-state index contributed by atoms with van der Waals surface area (Å²) in [7, 11) is 0. The predicted molar refractivity (Wildman–Crippen MR) is 115 cm³/mol. The van der Waals surface area contributed by atoms with Gasteiger partial charge in [0.15, 0.2) is 5.65 Å². The Hall–Kier alpha value is -3.42. The number of aromatic nitrogens is 3. The van der Waals surface area contributed by atoms with E-state index in [-0.39, 0.29) is 12.0 Å². The monoisotopic (exact) mass is 419 g/mol. The molecule has 2 aliphatic heterocycles. The first kappa shape index (κ1) is 19.5. The Kier molecular flexibility index (Phi) is 4.84. The smallest absolute Gasteiger partial charge is 0.410 e. The molecular weight excluding hydrogens is 394 g/mol. The third-order valence-corrected chi connectivity index (χ3v) is 6.47. The van der Waals surface area contributed by atoms with Gasteiger partial charge in [0, 0.05) is 32.4 Å². The van der Waals surface area contributed by atoms with Crippen molar-refractivity contribution >= 4 is 23.2 Å². The van der Waals surface area contributed by atoms with E-state index < -0.39 is 5.54 Å². The number of carbonyl (C=O) groups excluding carboxylic acids is 2. The van der Waals surface area contributed by atoms with Crippen molar-refractivity contribution in [2.45, 2.75) is 31.8 Å². The standard InChI is InChI=1S/C23H25N5O3/c1-2-23-14-26(10-11-28(23)22(30)31-15-23)21(29)18-12-19-20(24-13-18)27(16-25-19)9-8-17-6-4-3-5-7-17/h3-7,12-13,16H,2,8-11,14-15H2,1H3. The molecule has 0 spiro atoms. The van der Waals surface area contributed by atoms with Crippen molar-refractivity contribution in [3.63, 3.8) is 0 Å². The fourth-order valence-corrected chi connectivity index (χ4v) is 4.54. The molecular formula is C23H25N5O3. The molecule has 4 heterocycles. The van der Waals surface area contributed by atoms with E-state index >= 15 is 0 Å². The highest BCUT2D eigenvalue weighted by Gasteiger charge is 2.50. The second-order valence-electron chi connectivity index (χ2n) is 8.25. The zero-order valence-electron chi connectivity index (χ0n) is 17.5. The number of hydrogen-bond donors (Lipinski definition) is 0. The van der Waals surface area contributed by atoms with Crippen LogP contribution >= 0.6 is 0 Å². The van der Waals surface area contributed by atoms with Crippen LogP contribution in [0.5, 0.6) is 0 Å². The summed E-state index contributed by atoms with van der Waals surface area (Å²) >= 11 is 0. The van der Waals surface area contributed by atoms with Gasteiger partial charge in [0.2, 0.25) is 0 Å². The molecule has 1 unspecified atom stereocenters. The molecule has 0 bridgehead atoms. The number of carbonyl (C=O) groups is 2. The first-order chi connectivity index (χ1) is 15.1. The zero-order chi connectivity index (χ0) is 21.4. The Morgan fingerprint density at radius 2 is 2.03 bits per heavy atom. The van der Waals surface area contributed by atoms with E-state index in [1.807, 2.05) is 35.8 Å². The lowest BCUT2D eigenvalue weighted by Gasteiger charge is -2.44. The van der Waals surface area contributed by atoms with Crippen LogP contribution in [0.4, 0.5) is 4.79 Å². The number of hydrogen-bond acceptors (Lipinski definition) is 5. The zero-order valence-corrected chi connectivity index (χ0v) is 17.5. The van der Waals surface area contributed by atoms with Gasteiger partial charge in [-0.15, -0.1) is 0 Å². The molecule has 0 saturated carbocycles. The van der Waals surface area contributed by atoms with E-state index in [0.29, 0.717) is 37.3 Å². The molecule has 2 fully saturated rings. The molecule has 3 aromatic rings. The third kappa shape index (κ3) is 3.41. The minimum absolute atomic E-state index is 0.0833. The lowest BCUT2D eigenvalue weighted by atomic mass is 9.92. The molecule has 0 aliphatic carbocycles. The maximum Gasteiger partial charge on any atom is 0.410 e. The minimum Gasteiger partial charge on any atom is -0.447 e. The third-order valence-electron chi connectivity index (χ3n) is 6.47. The van der Waals surface area contributed by atoms with Crippen LogP contribution in [0.1, 0.15) is 29.3 Å². The summed E-state index contributed by atoms with van der Waals surface area (Å²) in [6.07, 6.45) is 4.76. The van der Waals surface area contributed by atoms with E-state index in [9.17, 15) is 9.59 Å². The number of cyclic esters (lactones) is 1. The number of pyridine rings is 1. The minimum atomic E-state index is -0.429. The summed E-state index contributed by atoms with van der Waals surface area (Å²) in [6.45, 7) is 4.57. The summed E-state index contributed by atoms with van der Waals surface area (Å²) in [5.74, 6) is -0.0833. The van der Waals surface area contributed by atoms with Gasteiger partial charge in [-0.3, -0.25) is 9.69 Å². The van der Waals surface area contributed by atoms with Gasteiger partial charge in [-0.05, 0) is 24.5 Å². The Morgan fingerprint density at radius 1 is 1.19 bits per heavy atom. The van der Waals surface area contributed by atoms with Gasteiger partial charge < -0.3 is 14.2 Å². The van der Waals surface area contributed by atoms with E-state index in [1.165, 1.54) is 5.56 Å². The summed E-state index contributed by atoms with van der Waals surface area (Å²) < 4.78 is 7.28. The average molecular weight is 419 g/mol. The van der Waals surface area contributed by atoms with Crippen LogP contribution in [-0.4, -0.2) is 68.1 Å². The molecule has 2 aromatic heterocycles. The molecule has 2 amide bonds. The second-order valence-corrected chi connectivity index (χ2v) is 8.25. The maximum atomic E-state index is 13.2. The van der Waals surface area contributed by atoms with Crippen LogP contribution < -0.4 is 0 Å². The van der Waals surface area contributed by atoms with Crippen LogP contribution in [0.15, 0.2) is 48.9 Å². The van der Waals surface area contributed by atoms with Crippen molar-refractivity contribution in [3.05, 3.63) is 60.0 Å². The summed E-state index contributed by atoms with van der Waals surface area (Å²) in [4.78, 5) is 37.8. The molecule has 1 aromatic carbocycles. The predicted octanol–water partition coefficient (Wildman–Crippen LogP) is 2.73. The first-order valence-corrected chi connectivity index (χ1v) is 10.7. The highest BCUT2D eigenvalue weighted by molar-refractivity contribution is 5.96. The van der Waals surface area contributed by atoms with Crippen molar-refractivity contribution in [3.8, 4) is 0 Å². The Labute approximate surface area is 180 Å². The Morgan fingerprint density at radius 3 is 2.84 bits per heavy atom. The van der Waals surface area contributed by atoms with E-state index in [2.05, 4.69) is 22.1 Å².